The molecule has 0 unspecified atom stereocenters. The van der Waals surface area contributed by atoms with Gasteiger partial charge in [0.2, 0.25) is 5.95 Å². The third-order valence-electron chi connectivity index (χ3n) is 2.27. The fourth-order valence-corrected chi connectivity index (χ4v) is 2.44. The normalized spacial score (nSPS) is 12.8. The zero-order chi connectivity index (χ0) is 11.1. The summed E-state index contributed by atoms with van der Waals surface area (Å²) in [6.45, 7) is 0.918. The predicted molar refractivity (Wildman–Crippen MR) is 59.8 cm³/mol. The Labute approximate surface area is 95.3 Å². The van der Waals surface area contributed by atoms with Gasteiger partial charge in [0.05, 0.1) is 11.1 Å². The molecule has 0 aromatic carbocycles. The molecule has 7 heteroatoms. The van der Waals surface area contributed by atoms with E-state index in [2.05, 4.69) is 15.0 Å². The van der Waals surface area contributed by atoms with Gasteiger partial charge in [-0.15, -0.1) is 11.3 Å². The summed E-state index contributed by atoms with van der Waals surface area (Å²) in [7, 11) is 0. The highest BCUT2D eigenvalue weighted by atomic mass is 32.1. The number of hydrogen-bond donors (Lipinski definition) is 2. The molecule has 1 aliphatic heterocycles. The summed E-state index contributed by atoms with van der Waals surface area (Å²) >= 11 is 1.54. The standard InChI is InChI=1S/C9H9N5OS/c10-1-6-13-8-5(16-6)3-15-4-2-12-9(11)14-7(4)8/h2H,1,3,10H2,(H2,11,12,14). The van der Waals surface area contributed by atoms with Gasteiger partial charge in [0.15, 0.2) is 5.75 Å². The zero-order valence-electron chi connectivity index (χ0n) is 8.30. The smallest absolute Gasteiger partial charge is 0.220 e. The van der Waals surface area contributed by atoms with Crippen LogP contribution in [-0.4, -0.2) is 15.0 Å². The van der Waals surface area contributed by atoms with Crippen molar-refractivity contribution < 1.29 is 4.74 Å². The number of ether oxygens (including phenoxy) is 1. The molecule has 3 rings (SSSR count). The number of aromatic nitrogens is 3. The van der Waals surface area contributed by atoms with Crippen LogP contribution in [0.2, 0.25) is 0 Å². The summed E-state index contributed by atoms with van der Waals surface area (Å²) in [5.74, 6) is 0.841. The lowest BCUT2D eigenvalue weighted by Gasteiger charge is -2.14. The molecule has 4 N–H and O–H groups in total. The first-order valence-electron chi connectivity index (χ1n) is 4.72. The Morgan fingerprint density at radius 1 is 1.38 bits per heavy atom. The highest BCUT2D eigenvalue weighted by molar-refractivity contribution is 7.12. The van der Waals surface area contributed by atoms with Crippen LogP contribution in [0.25, 0.3) is 11.4 Å². The van der Waals surface area contributed by atoms with E-state index >= 15 is 0 Å². The average molecular weight is 235 g/mol. The van der Waals surface area contributed by atoms with Crippen molar-refractivity contribution >= 4 is 17.3 Å². The SMILES string of the molecule is NCc1nc2c(s1)COc1cnc(N)nc1-2. The topological polar surface area (TPSA) is 99.9 Å². The molecular formula is C9H9N5OS. The maximum Gasteiger partial charge on any atom is 0.220 e. The van der Waals surface area contributed by atoms with Crippen molar-refractivity contribution in [3.63, 3.8) is 0 Å². The van der Waals surface area contributed by atoms with Crippen molar-refractivity contribution in [3.05, 3.63) is 16.1 Å². The van der Waals surface area contributed by atoms with E-state index < -0.39 is 0 Å². The van der Waals surface area contributed by atoms with Crippen LogP contribution >= 0.6 is 11.3 Å². The predicted octanol–water partition coefficient (Wildman–Crippen LogP) is 0.533. The van der Waals surface area contributed by atoms with Crippen LogP contribution in [0.5, 0.6) is 5.75 Å². The molecule has 0 fully saturated rings. The van der Waals surface area contributed by atoms with Crippen LogP contribution in [-0.2, 0) is 13.2 Å². The number of nitrogens with zero attached hydrogens (tertiary/aromatic N) is 3. The number of hydrogen-bond acceptors (Lipinski definition) is 7. The Balaban J connectivity index is 2.20. The molecule has 2 aromatic rings. The van der Waals surface area contributed by atoms with Gasteiger partial charge >= 0.3 is 0 Å². The summed E-state index contributed by atoms with van der Waals surface area (Å²) < 4.78 is 5.51. The fourth-order valence-electron chi connectivity index (χ4n) is 1.57. The Morgan fingerprint density at radius 3 is 3.06 bits per heavy atom. The Hall–Kier alpha value is -1.73. The molecule has 2 aromatic heterocycles. The van der Waals surface area contributed by atoms with E-state index in [-0.39, 0.29) is 5.95 Å². The van der Waals surface area contributed by atoms with Crippen molar-refractivity contribution in [1.29, 1.82) is 0 Å². The van der Waals surface area contributed by atoms with Gasteiger partial charge in [-0.05, 0) is 0 Å². The number of fused-ring (bicyclic) bond motifs is 3. The Morgan fingerprint density at radius 2 is 2.25 bits per heavy atom. The lowest BCUT2D eigenvalue weighted by atomic mass is 10.2. The average Bonchev–Trinajstić information content (AvgIpc) is 2.72. The van der Waals surface area contributed by atoms with E-state index in [9.17, 15) is 0 Å². The lowest BCUT2D eigenvalue weighted by Crippen LogP contribution is -2.07. The molecule has 0 spiro atoms. The van der Waals surface area contributed by atoms with Crippen molar-refractivity contribution in [2.75, 3.05) is 5.73 Å². The molecule has 0 bridgehead atoms. The minimum Gasteiger partial charge on any atom is -0.484 e. The van der Waals surface area contributed by atoms with Crippen LogP contribution < -0.4 is 16.2 Å². The van der Waals surface area contributed by atoms with Crippen molar-refractivity contribution in [1.82, 2.24) is 15.0 Å². The molecule has 0 radical (unpaired) electrons. The molecule has 0 saturated heterocycles. The number of anilines is 1. The monoisotopic (exact) mass is 235 g/mol. The van der Waals surface area contributed by atoms with E-state index in [0.29, 0.717) is 24.6 Å². The summed E-state index contributed by atoms with van der Waals surface area (Å²) in [5.41, 5.74) is 12.6. The van der Waals surface area contributed by atoms with Crippen molar-refractivity contribution in [2.24, 2.45) is 5.73 Å². The second-order valence-corrected chi connectivity index (χ2v) is 4.48. The third kappa shape index (κ3) is 1.33. The Bertz CT molecular complexity index is 553. The van der Waals surface area contributed by atoms with Crippen molar-refractivity contribution in [2.45, 2.75) is 13.2 Å². The minimum atomic E-state index is 0.220. The fraction of sp³-hybridized carbons (Fsp3) is 0.222. The number of thiazole rings is 1. The summed E-state index contributed by atoms with van der Waals surface area (Å²) in [6, 6.07) is 0. The van der Waals surface area contributed by atoms with E-state index in [0.717, 1.165) is 15.6 Å². The lowest BCUT2D eigenvalue weighted by molar-refractivity contribution is 0.303. The van der Waals surface area contributed by atoms with Gasteiger partial charge in [0, 0.05) is 6.54 Å². The maximum atomic E-state index is 5.56. The van der Waals surface area contributed by atoms with E-state index in [1.54, 1.807) is 17.5 Å². The van der Waals surface area contributed by atoms with Gasteiger partial charge in [0.1, 0.15) is 23.0 Å². The molecule has 3 heterocycles. The third-order valence-corrected chi connectivity index (χ3v) is 3.32. The second kappa shape index (κ2) is 3.39. The maximum absolute atomic E-state index is 5.56. The molecule has 1 aliphatic rings. The van der Waals surface area contributed by atoms with Gasteiger partial charge in [-0.1, -0.05) is 0 Å². The summed E-state index contributed by atoms with van der Waals surface area (Å²) in [5, 5.41) is 0.874. The zero-order valence-corrected chi connectivity index (χ0v) is 9.12. The molecule has 82 valence electrons. The molecule has 0 saturated carbocycles. The molecular weight excluding hydrogens is 226 g/mol. The van der Waals surface area contributed by atoms with Crippen LogP contribution in [0.1, 0.15) is 9.88 Å². The van der Waals surface area contributed by atoms with Crippen LogP contribution in [0, 0.1) is 0 Å². The van der Waals surface area contributed by atoms with Crippen molar-refractivity contribution in [3.8, 4) is 17.1 Å². The number of nitrogens with two attached hydrogens (primary N) is 2. The van der Waals surface area contributed by atoms with Gasteiger partial charge in [-0.2, -0.15) is 0 Å². The van der Waals surface area contributed by atoms with Crippen LogP contribution in [0.15, 0.2) is 6.20 Å². The highest BCUT2D eigenvalue weighted by Gasteiger charge is 2.23. The Kier molecular flexibility index (Phi) is 2.01. The van der Waals surface area contributed by atoms with Crippen LogP contribution in [0.3, 0.4) is 0 Å². The summed E-state index contributed by atoms with van der Waals surface area (Å²) in [6.07, 6.45) is 1.57. The van der Waals surface area contributed by atoms with E-state index in [4.69, 9.17) is 16.2 Å². The minimum absolute atomic E-state index is 0.220. The first kappa shape index (κ1) is 9.49. The summed E-state index contributed by atoms with van der Waals surface area (Å²) in [4.78, 5) is 13.5. The number of rotatable bonds is 1. The molecule has 6 nitrogen and oxygen atoms in total. The first-order valence-corrected chi connectivity index (χ1v) is 5.54. The molecule has 0 amide bonds. The molecule has 16 heavy (non-hydrogen) atoms. The van der Waals surface area contributed by atoms with Gasteiger partial charge in [0.25, 0.3) is 0 Å². The molecule has 0 atom stereocenters. The molecule has 0 aliphatic carbocycles. The first-order chi connectivity index (χ1) is 7.78. The van der Waals surface area contributed by atoms with Crippen LogP contribution in [0.4, 0.5) is 5.95 Å². The van der Waals surface area contributed by atoms with Gasteiger partial charge in [-0.25, -0.2) is 15.0 Å². The van der Waals surface area contributed by atoms with E-state index in [1.165, 1.54) is 0 Å². The largest absolute Gasteiger partial charge is 0.484 e. The highest BCUT2D eigenvalue weighted by Crippen LogP contribution is 2.37. The van der Waals surface area contributed by atoms with Gasteiger partial charge < -0.3 is 16.2 Å². The van der Waals surface area contributed by atoms with Gasteiger partial charge in [-0.3, -0.25) is 0 Å². The second-order valence-electron chi connectivity index (χ2n) is 3.31. The van der Waals surface area contributed by atoms with E-state index in [1.807, 2.05) is 0 Å². The number of nitrogen functional groups attached to an aromatic ring is 1. The quantitative estimate of drug-likeness (QED) is 0.748.